The predicted molar refractivity (Wildman–Crippen MR) is 55.0 cm³/mol. The van der Waals surface area contributed by atoms with Gasteiger partial charge in [-0.1, -0.05) is 0 Å². The summed E-state index contributed by atoms with van der Waals surface area (Å²) < 4.78 is 0. The number of carbonyl (C=O) groups excluding carboxylic acids is 2. The van der Waals surface area contributed by atoms with Gasteiger partial charge >= 0.3 is 6.03 Å². The summed E-state index contributed by atoms with van der Waals surface area (Å²) in [5, 5.41) is 5.21. The van der Waals surface area contributed by atoms with Gasteiger partial charge in [0.2, 0.25) is 5.91 Å². The van der Waals surface area contributed by atoms with E-state index in [1.54, 1.807) is 7.05 Å². The highest BCUT2D eigenvalue weighted by Crippen LogP contribution is 1.89. The highest BCUT2D eigenvalue weighted by atomic mass is 16.2. The molecule has 3 amide bonds. The molecule has 0 spiro atoms. The normalized spacial score (nSPS) is 9.79. The highest BCUT2D eigenvalue weighted by Gasteiger charge is 2.13. The van der Waals surface area contributed by atoms with Gasteiger partial charge in [-0.15, -0.1) is 0 Å². The van der Waals surface area contributed by atoms with Crippen LogP contribution in [0.1, 0.15) is 20.8 Å². The number of likely N-dealkylation sites (N-methyl/N-ethyl adjacent to an activating group) is 1. The Bertz CT molecular complexity index is 204. The van der Waals surface area contributed by atoms with Crippen LogP contribution in [0.3, 0.4) is 0 Å². The standard InChI is InChI=1S/C9H19N3O2/c1-5-12(9(14)10-4)6-8(13)11-7(2)3/h7H,5-6H2,1-4H3,(H,10,14)(H,11,13). The molecule has 5 nitrogen and oxygen atoms in total. The minimum atomic E-state index is -0.230. The van der Waals surface area contributed by atoms with E-state index in [4.69, 9.17) is 0 Å². The Morgan fingerprint density at radius 3 is 2.29 bits per heavy atom. The van der Waals surface area contributed by atoms with Crippen LogP contribution in [0.15, 0.2) is 0 Å². The maximum atomic E-state index is 11.3. The number of hydrogen-bond acceptors (Lipinski definition) is 2. The van der Waals surface area contributed by atoms with Gasteiger partial charge in [-0.05, 0) is 20.8 Å². The Hall–Kier alpha value is -1.26. The van der Waals surface area contributed by atoms with Gasteiger partial charge in [-0.3, -0.25) is 4.79 Å². The summed E-state index contributed by atoms with van der Waals surface area (Å²) in [4.78, 5) is 24.0. The molecule has 0 aliphatic heterocycles. The zero-order chi connectivity index (χ0) is 11.1. The van der Waals surface area contributed by atoms with E-state index >= 15 is 0 Å². The number of nitrogens with zero attached hydrogens (tertiary/aromatic N) is 1. The Kier molecular flexibility index (Phi) is 5.67. The van der Waals surface area contributed by atoms with Crippen LogP contribution in [-0.2, 0) is 4.79 Å². The summed E-state index contributed by atoms with van der Waals surface area (Å²) in [6.07, 6.45) is 0. The number of urea groups is 1. The lowest BCUT2D eigenvalue weighted by Crippen LogP contribution is -2.45. The molecule has 0 aromatic carbocycles. The molecule has 82 valence electrons. The number of carbonyl (C=O) groups is 2. The van der Waals surface area contributed by atoms with Crippen LogP contribution in [-0.4, -0.2) is 43.0 Å². The smallest absolute Gasteiger partial charge is 0.317 e. The third-order valence-corrected chi connectivity index (χ3v) is 1.67. The number of hydrogen-bond donors (Lipinski definition) is 2. The van der Waals surface area contributed by atoms with Gasteiger partial charge in [0.05, 0.1) is 0 Å². The predicted octanol–water partition coefficient (Wildman–Crippen LogP) is 0.172. The number of rotatable bonds is 4. The second kappa shape index (κ2) is 6.23. The van der Waals surface area contributed by atoms with E-state index in [2.05, 4.69) is 10.6 Å². The molecule has 0 fully saturated rings. The molecule has 0 aliphatic rings. The Labute approximate surface area is 84.8 Å². The molecule has 0 unspecified atom stereocenters. The molecule has 0 bridgehead atoms. The maximum Gasteiger partial charge on any atom is 0.317 e. The van der Waals surface area contributed by atoms with E-state index in [1.165, 1.54) is 4.90 Å². The molecule has 2 N–H and O–H groups in total. The van der Waals surface area contributed by atoms with Gasteiger partial charge < -0.3 is 15.5 Å². The SMILES string of the molecule is CCN(CC(=O)NC(C)C)C(=O)NC. The van der Waals surface area contributed by atoms with Crippen LogP contribution in [0.5, 0.6) is 0 Å². The van der Waals surface area contributed by atoms with Crippen LogP contribution in [0.4, 0.5) is 4.79 Å². The number of nitrogens with one attached hydrogen (secondary N) is 2. The van der Waals surface area contributed by atoms with Crippen molar-refractivity contribution >= 4 is 11.9 Å². The Morgan fingerprint density at radius 2 is 1.93 bits per heavy atom. The minimum absolute atomic E-state index is 0.103. The summed E-state index contributed by atoms with van der Waals surface area (Å²) >= 11 is 0. The molecule has 0 saturated carbocycles. The van der Waals surface area contributed by atoms with Crippen molar-refractivity contribution in [2.24, 2.45) is 0 Å². The molecule has 5 heteroatoms. The van der Waals surface area contributed by atoms with Crippen molar-refractivity contribution in [2.45, 2.75) is 26.8 Å². The lowest BCUT2D eigenvalue weighted by molar-refractivity contribution is -0.122. The van der Waals surface area contributed by atoms with Crippen LogP contribution >= 0.6 is 0 Å². The van der Waals surface area contributed by atoms with E-state index in [-0.39, 0.29) is 24.5 Å². The van der Waals surface area contributed by atoms with Crippen LogP contribution < -0.4 is 10.6 Å². The zero-order valence-electron chi connectivity index (χ0n) is 9.26. The fourth-order valence-corrected chi connectivity index (χ4v) is 1.03. The first kappa shape index (κ1) is 12.7. The highest BCUT2D eigenvalue weighted by molar-refractivity contribution is 5.84. The summed E-state index contributed by atoms with van der Waals surface area (Å²) in [5.74, 6) is -0.134. The third kappa shape index (κ3) is 4.69. The molecule has 0 aromatic heterocycles. The van der Waals surface area contributed by atoms with E-state index in [0.29, 0.717) is 6.54 Å². The second-order valence-electron chi connectivity index (χ2n) is 3.29. The van der Waals surface area contributed by atoms with E-state index in [1.807, 2.05) is 20.8 Å². The van der Waals surface area contributed by atoms with Gasteiger partial charge in [0.25, 0.3) is 0 Å². The topological polar surface area (TPSA) is 61.4 Å². The lowest BCUT2D eigenvalue weighted by Gasteiger charge is -2.20. The number of amides is 3. The van der Waals surface area contributed by atoms with Crippen molar-refractivity contribution in [3.05, 3.63) is 0 Å². The zero-order valence-corrected chi connectivity index (χ0v) is 9.26. The molecule has 0 radical (unpaired) electrons. The average molecular weight is 201 g/mol. The van der Waals surface area contributed by atoms with E-state index in [9.17, 15) is 9.59 Å². The first-order chi connectivity index (χ1) is 6.51. The quantitative estimate of drug-likeness (QED) is 0.681. The third-order valence-electron chi connectivity index (χ3n) is 1.67. The van der Waals surface area contributed by atoms with Crippen LogP contribution in [0.2, 0.25) is 0 Å². The van der Waals surface area contributed by atoms with Gasteiger partial charge in [-0.2, -0.15) is 0 Å². The summed E-state index contributed by atoms with van der Waals surface area (Å²) in [6, 6.07) is -0.127. The van der Waals surface area contributed by atoms with Crippen molar-refractivity contribution in [2.75, 3.05) is 20.1 Å². The molecular formula is C9H19N3O2. The van der Waals surface area contributed by atoms with Crippen molar-refractivity contribution < 1.29 is 9.59 Å². The van der Waals surface area contributed by atoms with Gasteiger partial charge in [-0.25, -0.2) is 4.79 Å². The summed E-state index contributed by atoms with van der Waals surface area (Å²) in [6.45, 7) is 6.22. The van der Waals surface area contributed by atoms with Crippen LogP contribution in [0.25, 0.3) is 0 Å². The minimum Gasteiger partial charge on any atom is -0.352 e. The summed E-state index contributed by atoms with van der Waals surface area (Å²) in [7, 11) is 1.55. The average Bonchev–Trinajstić information content (AvgIpc) is 2.11. The van der Waals surface area contributed by atoms with Crippen molar-refractivity contribution in [3.63, 3.8) is 0 Å². The van der Waals surface area contributed by atoms with Gasteiger partial charge in [0.15, 0.2) is 0 Å². The van der Waals surface area contributed by atoms with Gasteiger partial charge in [0.1, 0.15) is 6.54 Å². The van der Waals surface area contributed by atoms with Gasteiger partial charge in [0, 0.05) is 19.6 Å². The van der Waals surface area contributed by atoms with E-state index < -0.39 is 0 Å². The molecule has 0 saturated heterocycles. The van der Waals surface area contributed by atoms with Crippen molar-refractivity contribution in [1.82, 2.24) is 15.5 Å². The van der Waals surface area contributed by atoms with E-state index in [0.717, 1.165) is 0 Å². The fourth-order valence-electron chi connectivity index (χ4n) is 1.03. The Morgan fingerprint density at radius 1 is 1.36 bits per heavy atom. The Balaban J connectivity index is 4.05. The largest absolute Gasteiger partial charge is 0.352 e. The fraction of sp³-hybridized carbons (Fsp3) is 0.778. The monoisotopic (exact) mass is 201 g/mol. The molecule has 0 heterocycles. The first-order valence-electron chi connectivity index (χ1n) is 4.77. The molecule has 14 heavy (non-hydrogen) atoms. The van der Waals surface area contributed by atoms with Crippen molar-refractivity contribution in [1.29, 1.82) is 0 Å². The first-order valence-corrected chi connectivity index (χ1v) is 4.77. The van der Waals surface area contributed by atoms with Crippen molar-refractivity contribution in [3.8, 4) is 0 Å². The van der Waals surface area contributed by atoms with Crippen LogP contribution in [0, 0.1) is 0 Å². The molecule has 0 atom stereocenters. The molecule has 0 aromatic rings. The second-order valence-corrected chi connectivity index (χ2v) is 3.29. The lowest BCUT2D eigenvalue weighted by atomic mass is 10.4. The molecular weight excluding hydrogens is 182 g/mol. The molecule has 0 rings (SSSR count). The summed E-state index contributed by atoms with van der Waals surface area (Å²) in [5.41, 5.74) is 0. The molecule has 0 aliphatic carbocycles. The maximum absolute atomic E-state index is 11.3.